The molecule has 0 bridgehead atoms. The van der Waals surface area contributed by atoms with E-state index in [0.717, 1.165) is 21.0 Å². The number of benzene rings is 2. The first-order valence-corrected chi connectivity index (χ1v) is 11.6. The van der Waals surface area contributed by atoms with Crippen molar-refractivity contribution < 1.29 is 19.1 Å². The lowest BCUT2D eigenvalue weighted by Gasteiger charge is -2.26. The van der Waals surface area contributed by atoms with E-state index < -0.39 is 11.4 Å². The van der Waals surface area contributed by atoms with Crippen LogP contribution in [0.15, 0.2) is 71.7 Å². The fourth-order valence-corrected chi connectivity index (χ4v) is 4.38. The Kier molecular flexibility index (Phi) is 6.61. The van der Waals surface area contributed by atoms with Gasteiger partial charge in [-0.3, -0.25) is 9.59 Å². The van der Waals surface area contributed by atoms with Crippen molar-refractivity contribution in [3.05, 3.63) is 77.9 Å². The summed E-state index contributed by atoms with van der Waals surface area (Å²) in [7, 11) is 0. The van der Waals surface area contributed by atoms with Crippen LogP contribution in [0.4, 0.5) is 5.69 Å². The first kappa shape index (κ1) is 23.4. The average molecular weight is 476 g/mol. The normalized spacial score (nSPS) is 12.3. The van der Waals surface area contributed by atoms with Crippen molar-refractivity contribution in [1.82, 2.24) is 9.97 Å². The summed E-state index contributed by atoms with van der Waals surface area (Å²) in [5.74, 6) is -0.410. The molecule has 2 heterocycles. The highest BCUT2D eigenvalue weighted by molar-refractivity contribution is 7.15. The summed E-state index contributed by atoms with van der Waals surface area (Å²) in [5.41, 5.74) is 2.25. The van der Waals surface area contributed by atoms with Gasteiger partial charge in [-0.2, -0.15) is 0 Å². The quantitative estimate of drug-likeness (QED) is 0.323. The van der Waals surface area contributed by atoms with E-state index in [1.807, 2.05) is 49.5 Å². The van der Waals surface area contributed by atoms with E-state index in [1.165, 1.54) is 6.39 Å². The van der Waals surface area contributed by atoms with Crippen LogP contribution in [0.25, 0.3) is 21.8 Å². The van der Waals surface area contributed by atoms with Gasteiger partial charge in [-0.15, -0.1) is 11.3 Å². The molecule has 2 N–H and O–H groups in total. The number of amides is 1. The lowest BCUT2D eigenvalue weighted by molar-refractivity contribution is -0.149. The lowest BCUT2D eigenvalue weighted by Crippen LogP contribution is -2.32. The molecule has 0 saturated carbocycles. The van der Waals surface area contributed by atoms with Crippen molar-refractivity contribution in [1.29, 1.82) is 0 Å². The summed E-state index contributed by atoms with van der Waals surface area (Å²) in [4.78, 5) is 33.5. The molecule has 1 amide bonds. The Morgan fingerprint density at radius 1 is 1.06 bits per heavy atom. The van der Waals surface area contributed by atoms with Gasteiger partial charge in [-0.25, -0.2) is 9.97 Å². The fraction of sp³-hybridized carbons (Fsp3) is 0.231. The van der Waals surface area contributed by atoms with E-state index >= 15 is 0 Å². The van der Waals surface area contributed by atoms with Crippen molar-refractivity contribution in [3.63, 3.8) is 0 Å². The number of carbonyl (C=O) groups excluding carboxylic acids is 1. The van der Waals surface area contributed by atoms with Gasteiger partial charge < -0.3 is 14.8 Å². The molecule has 0 aliphatic carbocycles. The van der Waals surface area contributed by atoms with Crippen LogP contribution in [0.5, 0.6) is 0 Å². The molecule has 2 aromatic carbocycles. The zero-order valence-electron chi connectivity index (χ0n) is 19.1. The van der Waals surface area contributed by atoms with E-state index in [4.69, 9.17) is 4.42 Å². The third-order valence-electron chi connectivity index (χ3n) is 6.11. The lowest BCUT2D eigenvalue weighted by atomic mass is 9.78. The number of aliphatic carboxylic acids is 1. The molecule has 0 spiro atoms. The molecule has 1 atom stereocenters. The van der Waals surface area contributed by atoms with E-state index in [9.17, 15) is 14.7 Å². The highest BCUT2D eigenvalue weighted by atomic mass is 32.1. The summed E-state index contributed by atoms with van der Waals surface area (Å²) in [6, 6.07) is 14.7. The highest BCUT2D eigenvalue weighted by Gasteiger charge is 2.34. The summed E-state index contributed by atoms with van der Waals surface area (Å²) in [5, 5.41) is 13.2. The van der Waals surface area contributed by atoms with Crippen LogP contribution < -0.4 is 5.32 Å². The van der Waals surface area contributed by atoms with Crippen LogP contribution in [-0.2, 0) is 11.2 Å². The number of nitrogens with zero attached hydrogens (tertiary/aromatic N) is 2. The molecule has 4 rings (SSSR count). The molecule has 34 heavy (non-hydrogen) atoms. The minimum absolute atomic E-state index is 0.0496. The zero-order chi connectivity index (χ0) is 24.3. The van der Waals surface area contributed by atoms with Crippen LogP contribution in [0, 0.1) is 11.3 Å². The number of carbonyl (C=O) groups is 2. The Bertz CT molecular complexity index is 1280. The van der Waals surface area contributed by atoms with Gasteiger partial charge in [0, 0.05) is 29.4 Å². The van der Waals surface area contributed by atoms with Crippen LogP contribution in [-0.4, -0.2) is 27.0 Å². The Balaban J connectivity index is 1.39. The van der Waals surface area contributed by atoms with Crippen molar-refractivity contribution in [2.75, 3.05) is 5.32 Å². The molecule has 8 heteroatoms. The number of carboxylic acids is 1. The number of carboxylic acid groups (broad SMARTS) is 1. The smallest absolute Gasteiger partial charge is 0.309 e. The number of hydrogen-bond acceptors (Lipinski definition) is 6. The molecule has 0 aliphatic rings. The maximum Gasteiger partial charge on any atom is 0.309 e. The predicted octanol–water partition coefficient (Wildman–Crippen LogP) is 6.01. The Morgan fingerprint density at radius 3 is 2.35 bits per heavy atom. The summed E-state index contributed by atoms with van der Waals surface area (Å²) < 4.78 is 5.27. The summed E-state index contributed by atoms with van der Waals surface area (Å²) >= 11 is 1.56. The van der Waals surface area contributed by atoms with Gasteiger partial charge in [0.05, 0.1) is 21.5 Å². The van der Waals surface area contributed by atoms with Gasteiger partial charge in [0.1, 0.15) is 0 Å². The number of hydrogen-bond donors (Lipinski definition) is 2. The minimum Gasteiger partial charge on any atom is -0.481 e. The zero-order valence-corrected chi connectivity index (χ0v) is 19.9. The first-order chi connectivity index (χ1) is 16.2. The Labute approximate surface area is 201 Å². The molecule has 7 nitrogen and oxygen atoms in total. The number of anilines is 1. The van der Waals surface area contributed by atoms with E-state index in [1.54, 1.807) is 43.5 Å². The van der Waals surface area contributed by atoms with Gasteiger partial charge in [0.15, 0.2) is 12.2 Å². The van der Waals surface area contributed by atoms with E-state index in [0.29, 0.717) is 23.4 Å². The fourth-order valence-electron chi connectivity index (χ4n) is 3.33. The molecule has 4 aromatic rings. The number of oxazole rings is 1. The van der Waals surface area contributed by atoms with Crippen LogP contribution >= 0.6 is 11.3 Å². The second kappa shape index (κ2) is 9.61. The van der Waals surface area contributed by atoms with Crippen molar-refractivity contribution >= 4 is 28.9 Å². The molecule has 0 radical (unpaired) electrons. The van der Waals surface area contributed by atoms with E-state index in [-0.39, 0.29) is 11.8 Å². The highest BCUT2D eigenvalue weighted by Crippen LogP contribution is 2.33. The Hall–Kier alpha value is -3.78. The molecular formula is C26H25N3O4S. The number of thiazole rings is 1. The van der Waals surface area contributed by atoms with Crippen LogP contribution in [0.1, 0.15) is 36.1 Å². The Morgan fingerprint density at radius 2 is 1.74 bits per heavy atom. The first-order valence-electron chi connectivity index (χ1n) is 10.8. The van der Waals surface area contributed by atoms with E-state index in [2.05, 4.69) is 15.3 Å². The average Bonchev–Trinajstić information content (AvgIpc) is 3.52. The van der Waals surface area contributed by atoms with Gasteiger partial charge in [-0.1, -0.05) is 31.2 Å². The third-order valence-corrected chi connectivity index (χ3v) is 7.18. The second-order valence-electron chi connectivity index (χ2n) is 8.72. The van der Waals surface area contributed by atoms with Crippen LogP contribution in [0.2, 0.25) is 0 Å². The number of nitrogens with one attached hydrogen (secondary N) is 1. The maximum absolute atomic E-state index is 12.6. The van der Waals surface area contributed by atoms with Crippen LogP contribution in [0.3, 0.4) is 0 Å². The largest absolute Gasteiger partial charge is 0.481 e. The molecule has 2 aromatic heterocycles. The van der Waals surface area contributed by atoms with Gasteiger partial charge in [0.2, 0.25) is 0 Å². The topological polar surface area (TPSA) is 105 Å². The second-order valence-corrected chi connectivity index (χ2v) is 9.84. The predicted molar refractivity (Wildman–Crippen MR) is 132 cm³/mol. The summed E-state index contributed by atoms with van der Waals surface area (Å²) in [6.07, 6.45) is 5.41. The molecule has 174 valence electrons. The molecule has 1 unspecified atom stereocenters. The number of rotatable bonds is 8. The SMILES string of the molecule is CC(Cc1ncc(-c2ccc(NC(=O)c3ccc(-c4cnco4)cc3)cc2)s1)C(C)(C)C(=O)O. The molecule has 0 fully saturated rings. The molecule has 0 aliphatic heterocycles. The standard InChI is InChI=1S/C26H25N3O4S/c1-16(26(2,3)25(31)32)12-23-28-14-22(34-23)18-8-10-20(11-9-18)29-24(30)19-6-4-17(5-7-19)21-13-27-15-33-21/h4-11,13-16H,12H2,1-3H3,(H,29,30)(H,31,32). The minimum atomic E-state index is -0.817. The molecular weight excluding hydrogens is 450 g/mol. The molecule has 0 saturated heterocycles. The van der Waals surface area contributed by atoms with Crippen molar-refractivity contribution in [2.24, 2.45) is 11.3 Å². The van der Waals surface area contributed by atoms with Gasteiger partial charge in [-0.05, 0) is 49.6 Å². The maximum atomic E-state index is 12.6. The van der Waals surface area contributed by atoms with Crippen molar-refractivity contribution in [2.45, 2.75) is 27.2 Å². The summed E-state index contributed by atoms with van der Waals surface area (Å²) in [6.45, 7) is 5.42. The number of aromatic nitrogens is 2. The van der Waals surface area contributed by atoms with Crippen molar-refractivity contribution in [3.8, 4) is 21.8 Å². The van der Waals surface area contributed by atoms with Gasteiger partial charge in [0.25, 0.3) is 5.91 Å². The monoisotopic (exact) mass is 475 g/mol. The van der Waals surface area contributed by atoms with Gasteiger partial charge >= 0.3 is 5.97 Å². The third kappa shape index (κ3) is 5.07.